The molecule has 0 spiro atoms. The fraction of sp³-hybridized carbons (Fsp3) is 0.357. The van der Waals surface area contributed by atoms with Crippen molar-refractivity contribution in [2.24, 2.45) is 0 Å². The van der Waals surface area contributed by atoms with E-state index in [0.29, 0.717) is 22.1 Å². The Morgan fingerprint density at radius 3 is 2.35 bits per heavy atom. The number of nitrogens with zero attached hydrogens (tertiary/aromatic N) is 1. The minimum absolute atomic E-state index is 0.0332. The molecular weight excluding hydrogens is 485 g/mol. The van der Waals surface area contributed by atoms with E-state index in [9.17, 15) is 22.8 Å². The SMILES string of the molecule is Cc1ccc(OCCN(C)C(=O)OC(C)(C)C)cc1C(=O)NC(c1cccc2ccccc12)C(F)(F)F. The molecule has 3 aromatic carbocycles. The number of fused-ring (bicyclic) bond motifs is 1. The highest BCUT2D eigenvalue weighted by Gasteiger charge is 2.42. The van der Waals surface area contributed by atoms with Crippen LogP contribution in [0, 0.1) is 6.92 Å². The zero-order chi connectivity index (χ0) is 27.4. The minimum atomic E-state index is -4.71. The van der Waals surface area contributed by atoms with Crippen molar-refractivity contribution in [2.75, 3.05) is 20.2 Å². The van der Waals surface area contributed by atoms with E-state index in [1.807, 2.05) is 0 Å². The van der Waals surface area contributed by atoms with E-state index >= 15 is 0 Å². The quantitative estimate of drug-likeness (QED) is 0.393. The first-order valence-electron chi connectivity index (χ1n) is 11.8. The molecule has 37 heavy (non-hydrogen) atoms. The maximum atomic E-state index is 14.1. The number of alkyl halides is 3. The molecule has 0 saturated heterocycles. The average Bonchev–Trinajstić information content (AvgIpc) is 2.81. The maximum absolute atomic E-state index is 14.1. The van der Waals surface area contributed by atoms with Crippen molar-refractivity contribution in [1.82, 2.24) is 10.2 Å². The molecule has 3 aromatic rings. The monoisotopic (exact) mass is 516 g/mol. The molecule has 0 aliphatic heterocycles. The molecule has 0 fully saturated rings. The van der Waals surface area contributed by atoms with Crippen LogP contribution in [-0.4, -0.2) is 48.9 Å². The largest absolute Gasteiger partial charge is 0.492 e. The van der Waals surface area contributed by atoms with E-state index in [-0.39, 0.29) is 24.3 Å². The number of ether oxygens (including phenoxy) is 2. The van der Waals surface area contributed by atoms with Gasteiger partial charge in [0.25, 0.3) is 5.91 Å². The minimum Gasteiger partial charge on any atom is -0.492 e. The summed E-state index contributed by atoms with van der Waals surface area (Å²) in [6.45, 7) is 7.23. The number of rotatable bonds is 7. The second-order valence-corrected chi connectivity index (χ2v) is 9.74. The van der Waals surface area contributed by atoms with Gasteiger partial charge in [-0.25, -0.2) is 4.79 Å². The Balaban J connectivity index is 1.75. The molecule has 6 nitrogen and oxygen atoms in total. The predicted molar refractivity (Wildman–Crippen MR) is 136 cm³/mol. The Morgan fingerprint density at radius 1 is 1.00 bits per heavy atom. The second kappa shape index (κ2) is 11.1. The Labute approximate surface area is 214 Å². The lowest BCUT2D eigenvalue weighted by molar-refractivity contribution is -0.155. The van der Waals surface area contributed by atoms with Crippen molar-refractivity contribution >= 4 is 22.8 Å². The van der Waals surface area contributed by atoms with E-state index in [0.717, 1.165) is 0 Å². The fourth-order valence-electron chi connectivity index (χ4n) is 3.71. The van der Waals surface area contributed by atoms with E-state index < -0.39 is 29.8 Å². The van der Waals surface area contributed by atoms with Crippen molar-refractivity contribution < 1.29 is 32.2 Å². The van der Waals surface area contributed by atoms with Gasteiger partial charge in [-0.3, -0.25) is 4.79 Å². The highest BCUT2D eigenvalue weighted by atomic mass is 19.4. The van der Waals surface area contributed by atoms with Crippen molar-refractivity contribution in [3.8, 4) is 5.75 Å². The summed E-state index contributed by atoms with van der Waals surface area (Å²) in [7, 11) is 1.57. The number of benzene rings is 3. The molecule has 0 heterocycles. The molecule has 0 saturated carbocycles. The number of hydrogen-bond acceptors (Lipinski definition) is 4. The summed E-state index contributed by atoms with van der Waals surface area (Å²) in [5.41, 5.74) is -0.109. The van der Waals surface area contributed by atoms with Gasteiger partial charge in [-0.05, 0) is 61.7 Å². The van der Waals surface area contributed by atoms with Gasteiger partial charge in [0.1, 0.15) is 18.0 Å². The summed E-state index contributed by atoms with van der Waals surface area (Å²) < 4.78 is 53.3. The predicted octanol–water partition coefficient (Wildman–Crippen LogP) is 6.43. The lowest BCUT2D eigenvalue weighted by Crippen LogP contribution is -2.38. The number of amides is 2. The zero-order valence-corrected chi connectivity index (χ0v) is 21.5. The van der Waals surface area contributed by atoms with Crippen LogP contribution >= 0.6 is 0 Å². The first-order valence-corrected chi connectivity index (χ1v) is 11.8. The van der Waals surface area contributed by atoms with Crippen LogP contribution in [-0.2, 0) is 4.74 Å². The summed E-state index contributed by atoms with van der Waals surface area (Å²) >= 11 is 0. The van der Waals surface area contributed by atoms with Gasteiger partial charge < -0.3 is 19.7 Å². The summed E-state index contributed by atoms with van der Waals surface area (Å²) in [5.74, 6) is -0.578. The Kier molecular flexibility index (Phi) is 8.35. The molecule has 198 valence electrons. The molecular formula is C28H31F3N2O4. The normalized spacial score (nSPS) is 12.6. The molecule has 2 amide bonds. The van der Waals surface area contributed by atoms with E-state index in [4.69, 9.17) is 9.47 Å². The molecule has 3 rings (SSSR count). The van der Waals surface area contributed by atoms with Crippen LogP contribution in [0.5, 0.6) is 5.75 Å². The number of carbonyl (C=O) groups excluding carboxylic acids is 2. The standard InChI is InChI=1S/C28H31F3N2O4/c1-18-13-14-20(36-16-15-33(5)26(35)37-27(2,3)4)17-23(18)25(34)32-24(28(29,30)31)22-12-8-10-19-9-6-7-11-21(19)22/h6-14,17,24H,15-16H2,1-5H3,(H,32,34). The molecule has 0 aliphatic rings. The Bertz CT molecular complexity index is 1260. The lowest BCUT2D eigenvalue weighted by atomic mass is 9.97. The molecule has 1 unspecified atom stereocenters. The number of nitrogens with one attached hydrogen (secondary N) is 1. The third-order valence-corrected chi connectivity index (χ3v) is 5.59. The van der Waals surface area contributed by atoms with Crippen molar-refractivity contribution in [3.63, 3.8) is 0 Å². The third kappa shape index (κ3) is 7.38. The van der Waals surface area contributed by atoms with Crippen LogP contribution in [0.3, 0.4) is 0 Å². The van der Waals surface area contributed by atoms with Gasteiger partial charge in [0.05, 0.1) is 6.54 Å². The van der Waals surface area contributed by atoms with Gasteiger partial charge in [0.2, 0.25) is 0 Å². The van der Waals surface area contributed by atoms with Gasteiger partial charge in [-0.15, -0.1) is 0 Å². The summed E-state index contributed by atoms with van der Waals surface area (Å²) in [5, 5.41) is 3.23. The molecule has 9 heteroatoms. The van der Waals surface area contributed by atoms with Crippen LogP contribution in [0.1, 0.15) is 48.3 Å². The Hall–Kier alpha value is -3.75. The number of aryl methyl sites for hydroxylation is 1. The number of halogens is 3. The van der Waals surface area contributed by atoms with E-state index in [2.05, 4.69) is 5.32 Å². The van der Waals surface area contributed by atoms with Gasteiger partial charge in [0, 0.05) is 12.6 Å². The molecule has 0 aromatic heterocycles. The van der Waals surface area contributed by atoms with Crippen molar-refractivity contribution in [2.45, 2.75) is 45.5 Å². The van der Waals surface area contributed by atoms with Gasteiger partial charge in [-0.2, -0.15) is 13.2 Å². The van der Waals surface area contributed by atoms with Gasteiger partial charge in [-0.1, -0.05) is 48.5 Å². The molecule has 1 N–H and O–H groups in total. The molecule has 0 bridgehead atoms. The van der Waals surface area contributed by atoms with Crippen molar-refractivity contribution in [1.29, 1.82) is 0 Å². The van der Waals surface area contributed by atoms with Crippen LogP contribution < -0.4 is 10.1 Å². The number of likely N-dealkylation sites (N-methyl/N-ethyl adjacent to an activating group) is 1. The highest BCUT2D eigenvalue weighted by Crippen LogP contribution is 2.36. The van der Waals surface area contributed by atoms with Crippen LogP contribution in [0.15, 0.2) is 60.7 Å². The van der Waals surface area contributed by atoms with Gasteiger partial charge in [0.15, 0.2) is 6.04 Å². The smallest absolute Gasteiger partial charge is 0.412 e. The topological polar surface area (TPSA) is 67.9 Å². The lowest BCUT2D eigenvalue weighted by Gasteiger charge is -2.25. The van der Waals surface area contributed by atoms with Crippen LogP contribution in [0.2, 0.25) is 0 Å². The Morgan fingerprint density at radius 2 is 1.68 bits per heavy atom. The second-order valence-electron chi connectivity index (χ2n) is 9.74. The average molecular weight is 517 g/mol. The molecule has 0 radical (unpaired) electrons. The van der Waals surface area contributed by atoms with Gasteiger partial charge >= 0.3 is 12.3 Å². The summed E-state index contributed by atoms with van der Waals surface area (Å²) in [4.78, 5) is 26.5. The number of hydrogen-bond donors (Lipinski definition) is 1. The molecule has 1 atom stereocenters. The highest BCUT2D eigenvalue weighted by molar-refractivity contribution is 5.97. The van der Waals surface area contributed by atoms with Crippen molar-refractivity contribution in [3.05, 3.63) is 77.4 Å². The third-order valence-electron chi connectivity index (χ3n) is 5.59. The van der Waals surface area contributed by atoms with Crippen LogP contribution in [0.25, 0.3) is 10.8 Å². The maximum Gasteiger partial charge on any atom is 0.412 e. The summed E-state index contributed by atoms with van der Waals surface area (Å²) in [6, 6.07) is 13.8. The fourth-order valence-corrected chi connectivity index (χ4v) is 3.71. The van der Waals surface area contributed by atoms with E-state index in [1.54, 1.807) is 77.2 Å². The summed E-state index contributed by atoms with van der Waals surface area (Å²) in [6.07, 6.45) is -5.22. The molecule has 0 aliphatic carbocycles. The van der Waals surface area contributed by atoms with E-state index in [1.165, 1.54) is 23.1 Å². The zero-order valence-electron chi connectivity index (χ0n) is 21.5. The first-order chi connectivity index (χ1) is 17.3. The first kappa shape index (κ1) is 27.8. The van der Waals surface area contributed by atoms with Crippen LogP contribution in [0.4, 0.5) is 18.0 Å². The number of carbonyl (C=O) groups is 2.